The number of halogens is 7. The van der Waals surface area contributed by atoms with E-state index in [1.807, 2.05) is 0 Å². The van der Waals surface area contributed by atoms with Crippen molar-refractivity contribution in [2.24, 2.45) is 0 Å². The SMILES string of the molecule is Cc1cc(F)ccc1-c1cc(N2CCN3CCN(C)CC3C2)ncc1N(C)C(=O)C(C)(C)c1cc(C(F)(F)F)cc(C(F)(F)F)c1. The molecule has 0 bridgehead atoms. The second-order valence-electron chi connectivity index (χ2n) is 12.7. The van der Waals surface area contributed by atoms with Crippen LogP contribution in [0, 0.1) is 12.7 Å². The molecule has 0 N–H and O–H groups in total. The largest absolute Gasteiger partial charge is 0.416 e. The minimum atomic E-state index is -5.06. The van der Waals surface area contributed by atoms with E-state index >= 15 is 0 Å². The molecule has 0 radical (unpaired) electrons. The summed E-state index contributed by atoms with van der Waals surface area (Å²) in [6, 6.07) is 7.51. The summed E-state index contributed by atoms with van der Waals surface area (Å²) in [4.78, 5) is 26.8. The van der Waals surface area contributed by atoms with Gasteiger partial charge in [0.15, 0.2) is 0 Å². The van der Waals surface area contributed by atoms with Crippen molar-refractivity contribution in [3.05, 3.63) is 76.7 Å². The van der Waals surface area contributed by atoms with Crippen LogP contribution in [-0.4, -0.2) is 80.1 Å². The van der Waals surface area contributed by atoms with Crippen molar-refractivity contribution in [3.63, 3.8) is 0 Å². The third kappa shape index (κ3) is 6.71. The molecule has 6 nitrogen and oxygen atoms in total. The minimum absolute atomic E-state index is 0.0387. The van der Waals surface area contributed by atoms with Gasteiger partial charge in [0.1, 0.15) is 11.6 Å². The summed E-state index contributed by atoms with van der Waals surface area (Å²) in [6.07, 6.45) is -8.65. The van der Waals surface area contributed by atoms with E-state index in [0.717, 1.165) is 32.7 Å². The van der Waals surface area contributed by atoms with Crippen LogP contribution in [0.4, 0.5) is 42.2 Å². The number of hydrogen-bond donors (Lipinski definition) is 0. The zero-order valence-electron chi connectivity index (χ0n) is 26.2. The van der Waals surface area contributed by atoms with E-state index in [9.17, 15) is 35.5 Å². The number of hydrogen-bond acceptors (Lipinski definition) is 5. The quantitative estimate of drug-likeness (QED) is 0.291. The lowest BCUT2D eigenvalue weighted by Crippen LogP contribution is -2.61. The second kappa shape index (κ2) is 12.1. The number of benzene rings is 2. The lowest BCUT2D eigenvalue weighted by molar-refractivity contribution is -0.143. The highest BCUT2D eigenvalue weighted by molar-refractivity contribution is 6.03. The van der Waals surface area contributed by atoms with Gasteiger partial charge in [-0.3, -0.25) is 9.69 Å². The summed E-state index contributed by atoms with van der Waals surface area (Å²) in [5.41, 5.74) is -3.28. The van der Waals surface area contributed by atoms with Crippen LogP contribution < -0.4 is 9.80 Å². The molecule has 1 atom stereocenters. The summed E-state index contributed by atoms with van der Waals surface area (Å²) < 4.78 is 96.0. The molecule has 2 saturated heterocycles. The Hall–Kier alpha value is -3.71. The van der Waals surface area contributed by atoms with E-state index in [0.29, 0.717) is 47.2 Å². The molecular weight excluding hydrogens is 615 g/mol. The number of alkyl halides is 6. The predicted octanol–water partition coefficient (Wildman–Crippen LogP) is 6.61. The Balaban J connectivity index is 1.55. The number of rotatable bonds is 5. The van der Waals surface area contributed by atoms with Crippen molar-refractivity contribution in [1.29, 1.82) is 0 Å². The van der Waals surface area contributed by atoms with Crippen molar-refractivity contribution in [2.45, 2.75) is 44.6 Å². The van der Waals surface area contributed by atoms with Crippen molar-refractivity contribution in [1.82, 2.24) is 14.8 Å². The van der Waals surface area contributed by atoms with Gasteiger partial charge in [0, 0.05) is 57.9 Å². The molecule has 46 heavy (non-hydrogen) atoms. The van der Waals surface area contributed by atoms with Gasteiger partial charge in [0.2, 0.25) is 5.91 Å². The number of carbonyl (C=O) groups is 1. The highest BCUT2D eigenvalue weighted by atomic mass is 19.4. The molecule has 2 aliphatic rings. The van der Waals surface area contributed by atoms with E-state index in [1.165, 1.54) is 44.1 Å². The summed E-state index contributed by atoms with van der Waals surface area (Å²) >= 11 is 0. The number of aromatic nitrogens is 1. The monoisotopic (exact) mass is 651 g/mol. The first kappa shape index (κ1) is 33.6. The van der Waals surface area contributed by atoms with Crippen molar-refractivity contribution in [3.8, 4) is 11.1 Å². The number of aryl methyl sites for hydroxylation is 1. The van der Waals surface area contributed by atoms with Gasteiger partial charge in [-0.2, -0.15) is 26.3 Å². The fourth-order valence-electron chi connectivity index (χ4n) is 6.31. The molecule has 2 aromatic carbocycles. The van der Waals surface area contributed by atoms with Crippen LogP contribution in [0.5, 0.6) is 0 Å². The average molecular weight is 652 g/mol. The van der Waals surface area contributed by atoms with Crippen LogP contribution in [0.15, 0.2) is 48.7 Å². The van der Waals surface area contributed by atoms with Gasteiger partial charge in [-0.25, -0.2) is 9.37 Å². The second-order valence-corrected chi connectivity index (χ2v) is 12.7. The average Bonchev–Trinajstić information content (AvgIpc) is 2.98. The Morgan fingerprint density at radius 2 is 1.46 bits per heavy atom. The number of nitrogens with zero attached hydrogens (tertiary/aromatic N) is 5. The molecular formula is C33H36F7N5O. The van der Waals surface area contributed by atoms with Gasteiger partial charge < -0.3 is 14.7 Å². The molecule has 1 aromatic heterocycles. The Morgan fingerprint density at radius 3 is 2.07 bits per heavy atom. The maximum Gasteiger partial charge on any atom is 0.416 e. The normalized spacial score (nSPS) is 18.4. The Morgan fingerprint density at radius 1 is 0.848 bits per heavy atom. The zero-order chi connectivity index (χ0) is 33.8. The number of fused-ring (bicyclic) bond motifs is 1. The van der Waals surface area contributed by atoms with Crippen molar-refractivity contribution in [2.75, 3.05) is 63.2 Å². The lowest BCUT2D eigenvalue weighted by Gasteiger charge is -2.47. The number of anilines is 2. The van der Waals surface area contributed by atoms with Crippen molar-refractivity contribution < 1.29 is 35.5 Å². The standard InChI is InChI=1S/C33H36F7N5O/c1-20-12-24(34)6-7-26(20)27-16-29(45-11-10-44-9-8-42(4)18-25(44)19-45)41-17-28(27)43(5)30(46)31(2,3)21-13-22(32(35,36)37)15-23(14-21)33(38,39)40/h6-7,12-17,25H,8-11,18-19H2,1-5H3. The number of carbonyl (C=O) groups excluding carboxylic acids is 1. The zero-order valence-corrected chi connectivity index (χ0v) is 26.2. The molecule has 1 unspecified atom stereocenters. The Kier molecular flexibility index (Phi) is 8.88. The van der Waals surface area contributed by atoms with E-state index in [4.69, 9.17) is 0 Å². The van der Waals surface area contributed by atoms with E-state index < -0.39 is 46.2 Å². The summed E-state index contributed by atoms with van der Waals surface area (Å²) in [5, 5.41) is 0. The Bertz CT molecular complexity index is 1590. The van der Waals surface area contributed by atoms with Crippen LogP contribution in [0.25, 0.3) is 11.1 Å². The summed E-state index contributed by atoms with van der Waals surface area (Å²) in [7, 11) is 3.48. The Labute approximate surface area is 263 Å². The smallest absolute Gasteiger partial charge is 0.354 e. The number of pyridine rings is 1. The van der Waals surface area contributed by atoms with Gasteiger partial charge in [0.05, 0.1) is 28.4 Å². The molecule has 0 saturated carbocycles. The topological polar surface area (TPSA) is 42.9 Å². The number of piperazine rings is 2. The van der Waals surface area contributed by atoms with E-state index in [-0.39, 0.29) is 11.8 Å². The van der Waals surface area contributed by atoms with Gasteiger partial charge >= 0.3 is 12.4 Å². The maximum absolute atomic E-state index is 14.1. The van der Waals surface area contributed by atoms with Gasteiger partial charge in [-0.05, 0) is 80.9 Å². The summed E-state index contributed by atoms with van der Waals surface area (Å²) in [6.45, 7) is 9.43. The van der Waals surface area contributed by atoms with Crippen LogP contribution in [0.3, 0.4) is 0 Å². The van der Waals surface area contributed by atoms with Crippen LogP contribution in [0.1, 0.15) is 36.1 Å². The molecule has 1 amide bonds. The molecule has 3 heterocycles. The van der Waals surface area contributed by atoms with Gasteiger partial charge in [0.25, 0.3) is 0 Å². The van der Waals surface area contributed by atoms with Crippen LogP contribution in [0.2, 0.25) is 0 Å². The van der Waals surface area contributed by atoms with E-state index in [1.54, 1.807) is 19.1 Å². The lowest BCUT2D eigenvalue weighted by atomic mass is 9.81. The van der Waals surface area contributed by atoms with Gasteiger partial charge in [-0.15, -0.1) is 0 Å². The molecule has 3 aromatic rings. The minimum Gasteiger partial charge on any atom is -0.354 e. The third-order valence-electron chi connectivity index (χ3n) is 9.08. The predicted molar refractivity (Wildman–Crippen MR) is 162 cm³/mol. The van der Waals surface area contributed by atoms with Crippen molar-refractivity contribution >= 4 is 17.4 Å². The molecule has 5 rings (SSSR count). The number of likely N-dealkylation sites (N-methyl/N-ethyl adjacent to an activating group) is 2. The first-order chi connectivity index (χ1) is 21.4. The third-order valence-corrected chi connectivity index (χ3v) is 9.08. The first-order valence-electron chi connectivity index (χ1n) is 14.9. The van der Waals surface area contributed by atoms with Gasteiger partial charge in [-0.1, -0.05) is 6.07 Å². The molecule has 248 valence electrons. The highest BCUT2D eigenvalue weighted by Gasteiger charge is 2.41. The molecule has 2 fully saturated rings. The van der Waals surface area contributed by atoms with Crippen LogP contribution in [-0.2, 0) is 22.6 Å². The molecule has 0 spiro atoms. The summed E-state index contributed by atoms with van der Waals surface area (Å²) in [5.74, 6) is -0.567. The fourth-order valence-corrected chi connectivity index (χ4v) is 6.31. The molecule has 13 heteroatoms. The first-order valence-corrected chi connectivity index (χ1v) is 14.9. The highest BCUT2D eigenvalue weighted by Crippen LogP contribution is 2.41. The van der Waals surface area contributed by atoms with E-state index in [2.05, 4.69) is 26.7 Å². The fraction of sp³-hybridized carbons (Fsp3) is 0.455. The van der Waals surface area contributed by atoms with Crippen LogP contribution >= 0.6 is 0 Å². The molecule has 2 aliphatic heterocycles. The molecule has 0 aliphatic carbocycles. The maximum atomic E-state index is 14.1. The number of amides is 1.